The van der Waals surface area contributed by atoms with Crippen LogP contribution >= 0.6 is 0 Å². The second kappa shape index (κ2) is 8.89. The first-order valence-corrected chi connectivity index (χ1v) is 9.97. The summed E-state index contributed by atoms with van der Waals surface area (Å²) in [6.07, 6.45) is -1.98. The molecule has 166 valence electrons. The third kappa shape index (κ3) is 4.84. The van der Waals surface area contributed by atoms with Gasteiger partial charge < -0.3 is 10.2 Å². The standard InChI is InChI=1S/C22H19F4N5O/c23-18-5-6-20(31-9-7-17(8-10-31)22(24,25)26)29-21(18)28-19-11-16(12-27-30-19)15-3-1-14(13-32)2-4-15/h1-6,11-13,17H,7-10H2,(H,28,29,30). The van der Waals surface area contributed by atoms with E-state index in [4.69, 9.17) is 0 Å². The van der Waals surface area contributed by atoms with E-state index in [0.717, 1.165) is 11.8 Å². The Kier molecular flexibility index (Phi) is 6.02. The van der Waals surface area contributed by atoms with Gasteiger partial charge >= 0.3 is 6.18 Å². The predicted octanol–water partition coefficient (Wildman–Crippen LogP) is 5.01. The molecule has 0 spiro atoms. The Morgan fingerprint density at radius 2 is 1.75 bits per heavy atom. The number of anilines is 3. The zero-order valence-electron chi connectivity index (χ0n) is 16.8. The van der Waals surface area contributed by atoms with E-state index in [1.165, 1.54) is 18.3 Å². The molecule has 1 aliphatic heterocycles. The monoisotopic (exact) mass is 445 g/mol. The molecule has 1 saturated heterocycles. The summed E-state index contributed by atoms with van der Waals surface area (Å²) in [5.74, 6) is -1.40. The van der Waals surface area contributed by atoms with Crippen molar-refractivity contribution in [2.45, 2.75) is 19.0 Å². The molecule has 0 aliphatic carbocycles. The van der Waals surface area contributed by atoms with Gasteiger partial charge in [0.05, 0.1) is 12.1 Å². The Hall–Kier alpha value is -3.56. The Morgan fingerprint density at radius 1 is 1.03 bits per heavy atom. The Labute approximate surface area is 181 Å². The number of nitrogens with zero attached hydrogens (tertiary/aromatic N) is 4. The smallest absolute Gasteiger partial charge is 0.357 e. The van der Waals surface area contributed by atoms with Gasteiger partial charge in [0, 0.05) is 24.2 Å². The van der Waals surface area contributed by atoms with Gasteiger partial charge in [-0.2, -0.15) is 18.3 Å². The minimum atomic E-state index is -4.20. The Morgan fingerprint density at radius 3 is 2.41 bits per heavy atom. The number of rotatable bonds is 5. The van der Waals surface area contributed by atoms with Crippen molar-refractivity contribution >= 4 is 23.7 Å². The molecule has 0 amide bonds. The van der Waals surface area contributed by atoms with E-state index in [-0.39, 0.29) is 37.6 Å². The number of benzene rings is 1. The van der Waals surface area contributed by atoms with Crippen LogP contribution in [0.2, 0.25) is 0 Å². The van der Waals surface area contributed by atoms with Crippen molar-refractivity contribution in [2.24, 2.45) is 5.92 Å². The minimum absolute atomic E-state index is 0.0261. The van der Waals surface area contributed by atoms with Crippen LogP contribution in [0.3, 0.4) is 0 Å². The number of carbonyl (C=O) groups excluding carboxylic acids is 1. The quantitative estimate of drug-likeness (QED) is 0.440. The zero-order valence-corrected chi connectivity index (χ0v) is 16.8. The van der Waals surface area contributed by atoms with Gasteiger partial charge in [-0.3, -0.25) is 4.79 Å². The number of alkyl halides is 3. The van der Waals surface area contributed by atoms with Crippen molar-refractivity contribution < 1.29 is 22.4 Å². The molecule has 6 nitrogen and oxygen atoms in total. The van der Waals surface area contributed by atoms with Gasteiger partial charge in [0.1, 0.15) is 12.1 Å². The topological polar surface area (TPSA) is 71.0 Å². The Bertz CT molecular complexity index is 1100. The number of piperidine rings is 1. The predicted molar refractivity (Wildman–Crippen MR) is 111 cm³/mol. The third-order valence-electron chi connectivity index (χ3n) is 5.39. The molecule has 3 heterocycles. The van der Waals surface area contributed by atoms with Crippen molar-refractivity contribution in [3.63, 3.8) is 0 Å². The highest BCUT2D eigenvalue weighted by molar-refractivity contribution is 5.77. The maximum atomic E-state index is 14.4. The van der Waals surface area contributed by atoms with E-state index in [1.807, 2.05) is 0 Å². The van der Waals surface area contributed by atoms with Gasteiger partial charge in [0.15, 0.2) is 17.5 Å². The van der Waals surface area contributed by atoms with Gasteiger partial charge in [-0.1, -0.05) is 24.3 Å². The normalized spacial score (nSPS) is 14.9. The van der Waals surface area contributed by atoms with Crippen LogP contribution in [-0.2, 0) is 0 Å². The number of aldehydes is 1. The van der Waals surface area contributed by atoms with Crippen LogP contribution in [0.25, 0.3) is 11.1 Å². The molecule has 1 aliphatic rings. The highest BCUT2D eigenvalue weighted by atomic mass is 19.4. The summed E-state index contributed by atoms with van der Waals surface area (Å²) in [7, 11) is 0. The molecule has 1 aromatic carbocycles. The van der Waals surface area contributed by atoms with E-state index in [9.17, 15) is 22.4 Å². The van der Waals surface area contributed by atoms with Crippen molar-refractivity contribution in [3.8, 4) is 11.1 Å². The summed E-state index contributed by atoms with van der Waals surface area (Å²) in [6, 6.07) is 11.2. The lowest BCUT2D eigenvalue weighted by Crippen LogP contribution is -2.39. The first kappa shape index (κ1) is 21.7. The molecule has 32 heavy (non-hydrogen) atoms. The summed E-state index contributed by atoms with van der Waals surface area (Å²) < 4.78 is 53.1. The van der Waals surface area contributed by atoms with Gasteiger partial charge in [0.2, 0.25) is 0 Å². The Balaban J connectivity index is 1.51. The van der Waals surface area contributed by atoms with Crippen LogP contribution < -0.4 is 10.2 Å². The summed E-state index contributed by atoms with van der Waals surface area (Å²) >= 11 is 0. The van der Waals surface area contributed by atoms with E-state index < -0.39 is 17.9 Å². The molecule has 3 aromatic rings. The van der Waals surface area contributed by atoms with Crippen molar-refractivity contribution in [3.05, 3.63) is 60.0 Å². The van der Waals surface area contributed by atoms with Crippen LogP contribution in [0.4, 0.5) is 35.0 Å². The first-order chi connectivity index (χ1) is 15.3. The molecule has 10 heteroatoms. The van der Waals surface area contributed by atoms with E-state index in [0.29, 0.717) is 16.9 Å². The summed E-state index contributed by atoms with van der Waals surface area (Å²) in [4.78, 5) is 16.8. The van der Waals surface area contributed by atoms with Crippen LogP contribution in [0.1, 0.15) is 23.2 Å². The van der Waals surface area contributed by atoms with Crippen LogP contribution in [0.15, 0.2) is 48.7 Å². The lowest BCUT2D eigenvalue weighted by atomic mass is 9.96. The number of nitrogens with one attached hydrogen (secondary N) is 1. The van der Waals surface area contributed by atoms with Crippen LogP contribution in [0.5, 0.6) is 0 Å². The van der Waals surface area contributed by atoms with Gasteiger partial charge in [0.25, 0.3) is 0 Å². The number of pyridine rings is 1. The molecule has 0 atom stereocenters. The number of hydrogen-bond acceptors (Lipinski definition) is 6. The second-order valence-corrected chi connectivity index (χ2v) is 7.50. The SMILES string of the molecule is O=Cc1ccc(-c2cnnc(Nc3nc(N4CCC(C(F)(F)F)CC4)ccc3F)c2)cc1. The first-order valence-electron chi connectivity index (χ1n) is 9.97. The van der Waals surface area contributed by atoms with E-state index in [1.54, 1.807) is 35.2 Å². The van der Waals surface area contributed by atoms with Gasteiger partial charge in [-0.15, -0.1) is 5.10 Å². The third-order valence-corrected chi connectivity index (χ3v) is 5.39. The molecule has 2 aromatic heterocycles. The van der Waals surface area contributed by atoms with Gasteiger partial charge in [-0.25, -0.2) is 9.37 Å². The number of aromatic nitrogens is 3. The molecule has 1 fully saturated rings. The average Bonchev–Trinajstić information content (AvgIpc) is 2.80. The summed E-state index contributed by atoms with van der Waals surface area (Å²) in [6.45, 7) is 0.378. The number of carbonyl (C=O) groups is 1. The summed E-state index contributed by atoms with van der Waals surface area (Å²) in [5.41, 5.74) is 2.03. The van der Waals surface area contributed by atoms with Crippen LogP contribution in [0, 0.1) is 11.7 Å². The van der Waals surface area contributed by atoms with Gasteiger partial charge in [-0.05, 0) is 36.6 Å². The zero-order chi connectivity index (χ0) is 22.7. The second-order valence-electron chi connectivity index (χ2n) is 7.50. The maximum Gasteiger partial charge on any atom is 0.391 e. The van der Waals surface area contributed by atoms with E-state index in [2.05, 4.69) is 20.5 Å². The van der Waals surface area contributed by atoms with Crippen molar-refractivity contribution in [2.75, 3.05) is 23.3 Å². The fourth-order valence-corrected chi connectivity index (χ4v) is 3.59. The molecule has 0 bridgehead atoms. The molecule has 0 unspecified atom stereocenters. The fourth-order valence-electron chi connectivity index (χ4n) is 3.59. The highest BCUT2D eigenvalue weighted by Crippen LogP contribution is 2.35. The maximum absolute atomic E-state index is 14.4. The molecule has 0 radical (unpaired) electrons. The largest absolute Gasteiger partial charge is 0.391 e. The fraction of sp³-hybridized carbons (Fsp3) is 0.273. The molecule has 4 rings (SSSR count). The lowest BCUT2D eigenvalue weighted by molar-refractivity contribution is -0.179. The van der Waals surface area contributed by atoms with Crippen molar-refractivity contribution in [1.29, 1.82) is 0 Å². The number of halogens is 4. The van der Waals surface area contributed by atoms with Crippen LogP contribution in [-0.4, -0.2) is 40.7 Å². The molecular formula is C22H19F4N5O. The molecule has 1 N–H and O–H groups in total. The summed E-state index contributed by atoms with van der Waals surface area (Å²) in [5, 5.41) is 10.7. The van der Waals surface area contributed by atoms with Crippen molar-refractivity contribution in [1.82, 2.24) is 15.2 Å². The molecule has 0 saturated carbocycles. The van der Waals surface area contributed by atoms with E-state index >= 15 is 0 Å². The number of hydrogen-bond donors (Lipinski definition) is 1. The molecular weight excluding hydrogens is 426 g/mol. The highest BCUT2D eigenvalue weighted by Gasteiger charge is 2.41. The minimum Gasteiger partial charge on any atom is -0.357 e. The average molecular weight is 445 g/mol. The lowest BCUT2D eigenvalue weighted by Gasteiger charge is -2.33.